The van der Waals surface area contributed by atoms with Crippen LogP contribution in [-0.2, 0) is 9.59 Å². The van der Waals surface area contributed by atoms with Gasteiger partial charge in [-0.3, -0.25) is 9.59 Å². The van der Waals surface area contributed by atoms with E-state index in [4.69, 9.17) is 5.73 Å². The Morgan fingerprint density at radius 2 is 1.82 bits per heavy atom. The van der Waals surface area contributed by atoms with Crippen molar-refractivity contribution in [2.45, 2.75) is 46.1 Å². The first-order valence-electron chi connectivity index (χ1n) is 6.27. The molecule has 0 aliphatic carbocycles. The summed E-state index contributed by atoms with van der Waals surface area (Å²) in [6.07, 6.45) is 1.88. The summed E-state index contributed by atoms with van der Waals surface area (Å²) in [7, 11) is 0. The van der Waals surface area contributed by atoms with Crippen LogP contribution in [0.15, 0.2) is 0 Å². The number of rotatable bonds is 8. The van der Waals surface area contributed by atoms with Gasteiger partial charge in [0.05, 0.1) is 6.04 Å². The van der Waals surface area contributed by atoms with Crippen LogP contribution in [0.25, 0.3) is 0 Å². The van der Waals surface area contributed by atoms with Crippen LogP contribution in [0.2, 0.25) is 0 Å². The second kappa shape index (κ2) is 8.98. The molecular weight excluding hydrogens is 218 g/mol. The van der Waals surface area contributed by atoms with Crippen LogP contribution < -0.4 is 16.4 Å². The molecule has 0 aliphatic heterocycles. The monoisotopic (exact) mass is 243 g/mol. The number of hydrogen-bond acceptors (Lipinski definition) is 3. The lowest BCUT2D eigenvalue weighted by Crippen LogP contribution is -2.42. The van der Waals surface area contributed by atoms with E-state index in [1.165, 1.54) is 0 Å². The second-order valence-electron chi connectivity index (χ2n) is 4.63. The van der Waals surface area contributed by atoms with E-state index in [0.717, 1.165) is 6.42 Å². The van der Waals surface area contributed by atoms with Crippen LogP contribution in [-0.4, -0.2) is 30.9 Å². The molecular formula is C12H25N3O2. The number of hydrogen-bond donors (Lipinski definition) is 3. The van der Waals surface area contributed by atoms with Crippen molar-refractivity contribution in [1.82, 2.24) is 10.6 Å². The summed E-state index contributed by atoms with van der Waals surface area (Å²) in [4.78, 5) is 22.7. The predicted octanol–water partition coefficient (Wildman–Crippen LogP) is 0.392. The molecule has 0 aromatic rings. The molecule has 2 amide bonds. The van der Waals surface area contributed by atoms with Crippen molar-refractivity contribution in [3.63, 3.8) is 0 Å². The number of carbonyl (C=O) groups is 2. The normalized spacial score (nSPS) is 12.3. The SMILES string of the molecule is CCCNC(=O)CCNC(=O)C(N)CC(C)C. The summed E-state index contributed by atoms with van der Waals surface area (Å²) in [5, 5.41) is 5.42. The summed E-state index contributed by atoms with van der Waals surface area (Å²) >= 11 is 0. The van der Waals surface area contributed by atoms with Crippen LogP contribution in [0.5, 0.6) is 0 Å². The topological polar surface area (TPSA) is 84.2 Å². The zero-order valence-corrected chi connectivity index (χ0v) is 11.1. The summed E-state index contributed by atoms with van der Waals surface area (Å²) in [6.45, 7) is 7.06. The van der Waals surface area contributed by atoms with Crippen LogP contribution in [0, 0.1) is 5.92 Å². The predicted molar refractivity (Wildman–Crippen MR) is 68.4 cm³/mol. The molecule has 5 heteroatoms. The molecule has 4 N–H and O–H groups in total. The first kappa shape index (κ1) is 15.9. The average molecular weight is 243 g/mol. The largest absolute Gasteiger partial charge is 0.356 e. The average Bonchev–Trinajstić information content (AvgIpc) is 2.25. The van der Waals surface area contributed by atoms with Gasteiger partial charge in [-0.2, -0.15) is 0 Å². The molecule has 1 atom stereocenters. The van der Waals surface area contributed by atoms with Crippen molar-refractivity contribution in [1.29, 1.82) is 0 Å². The number of amides is 2. The van der Waals surface area contributed by atoms with Gasteiger partial charge in [-0.15, -0.1) is 0 Å². The van der Waals surface area contributed by atoms with E-state index in [2.05, 4.69) is 10.6 Å². The van der Waals surface area contributed by atoms with E-state index >= 15 is 0 Å². The Balaban J connectivity index is 3.66. The van der Waals surface area contributed by atoms with E-state index in [0.29, 0.717) is 31.8 Å². The maximum atomic E-state index is 11.5. The van der Waals surface area contributed by atoms with Gasteiger partial charge in [0, 0.05) is 19.5 Å². The van der Waals surface area contributed by atoms with E-state index in [-0.39, 0.29) is 11.8 Å². The number of carbonyl (C=O) groups excluding carboxylic acids is 2. The van der Waals surface area contributed by atoms with Crippen molar-refractivity contribution in [2.24, 2.45) is 11.7 Å². The van der Waals surface area contributed by atoms with Crippen LogP contribution in [0.4, 0.5) is 0 Å². The van der Waals surface area contributed by atoms with E-state index in [1.54, 1.807) is 0 Å². The van der Waals surface area contributed by atoms with Gasteiger partial charge in [-0.05, 0) is 18.8 Å². The minimum atomic E-state index is -0.478. The van der Waals surface area contributed by atoms with E-state index in [1.807, 2.05) is 20.8 Å². The molecule has 0 aliphatic rings. The van der Waals surface area contributed by atoms with Gasteiger partial charge in [0.15, 0.2) is 0 Å². The summed E-state index contributed by atoms with van der Waals surface area (Å²) in [5.74, 6) is 0.176. The first-order valence-corrected chi connectivity index (χ1v) is 6.27. The number of nitrogens with two attached hydrogens (primary N) is 1. The Labute approximate surface area is 104 Å². The van der Waals surface area contributed by atoms with Crippen molar-refractivity contribution < 1.29 is 9.59 Å². The third-order valence-electron chi connectivity index (χ3n) is 2.29. The molecule has 17 heavy (non-hydrogen) atoms. The fraction of sp³-hybridized carbons (Fsp3) is 0.833. The molecule has 0 saturated carbocycles. The molecule has 100 valence electrons. The molecule has 0 fully saturated rings. The molecule has 0 aromatic heterocycles. The Bertz CT molecular complexity index is 242. The van der Waals surface area contributed by atoms with Gasteiger partial charge >= 0.3 is 0 Å². The van der Waals surface area contributed by atoms with Gasteiger partial charge < -0.3 is 16.4 Å². The minimum Gasteiger partial charge on any atom is -0.356 e. The Morgan fingerprint density at radius 3 is 2.35 bits per heavy atom. The highest BCUT2D eigenvalue weighted by Crippen LogP contribution is 2.02. The molecule has 5 nitrogen and oxygen atoms in total. The lowest BCUT2D eigenvalue weighted by Gasteiger charge is -2.13. The number of nitrogens with one attached hydrogen (secondary N) is 2. The van der Waals surface area contributed by atoms with Gasteiger partial charge in [-0.25, -0.2) is 0 Å². The highest BCUT2D eigenvalue weighted by atomic mass is 16.2. The zero-order valence-electron chi connectivity index (χ0n) is 11.1. The highest BCUT2D eigenvalue weighted by molar-refractivity contribution is 5.82. The molecule has 0 aromatic carbocycles. The summed E-state index contributed by atoms with van der Waals surface area (Å²) < 4.78 is 0. The molecule has 0 saturated heterocycles. The molecule has 0 heterocycles. The second-order valence-corrected chi connectivity index (χ2v) is 4.63. The zero-order chi connectivity index (χ0) is 13.3. The van der Waals surface area contributed by atoms with Crippen molar-refractivity contribution >= 4 is 11.8 Å². The fourth-order valence-electron chi connectivity index (χ4n) is 1.40. The Kier molecular flexibility index (Phi) is 8.40. The van der Waals surface area contributed by atoms with Crippen LogP contribution in [0.3, 0.4) is 0 Å². The third-order valence-corrected chi connectivity index (χ3v) is 2.29. The van der Waals surface area contributed by atoms with E-state index in [9.17, 15) is 9.59 Å². The van der Waals surface area contributed by atoms with Crippen LogP contribution >= 0.6 is 0 Å². The Hall–Kier alpha value is -1.10. The standard InChI is InChI=1S/C12H25N3O2/c1-4-6-14-11(16)5-7-15-12(17)10(13)8-9(2)3/h9-10H,4-8,13H2,1-3H3,(H,14,16)(H,15,17). The molecule has 0 rings (SSSR count). The lowest BCUT2D eigenvalue weighted by molar-refractivity contribution is -0.123. The maximum absolute atomic E-state index is 11.5. The quantitative estimate of drug-likeness (QED) is 0.576. The smallest absolute Gasteiger partial charge is 0.236 e. The van der Waals surface area contributed by atoms with Gasteiger partial charge in [0.1, 0.15) is 0 Å². The minimum absolute atomic E-state index is 0.0374. The van der Waals surface area contributed by atoms with Gasteiger partial charge in [0.25, 0.3) is 0 Å². The fourth-order valence-corrected chi connectivity index (χ4v) is 1.40. The van der Waals surface area contributed by atoms with Gasteiger partial charge in [0.2, 0.25) is 11.8 Å². The summed E-state index contributed by atoms with van der Waals surface area (Å²) in [6, 6.07) is -0.478. The molecule has 0 spiro atoms. The maximum Gasteiger partial charge on any atom is 0.236 e. The van der Waals surface area contributed by atoms with Crippen LogP contribution in [0.1, 0.15) is 40.0 Å². The van der Waals surface area contributed by atoms with Crippen molar-refractivity contribution in [2.75, 3.05) is 13.1 Å². The van der Waals surface area contributed by atoms with Crippen molar-refractivity contribution in [3.05, 3.63) is 0 Å². The highest BCUT2D eigenvalue weighted by Gasteiger charge is 2.14. The molecule has 0 bridgehead atoms. The molecule has 1 unspecified atom stereocenters. The summed E-state index contributed by atoms with van der Waals surface area (Å²) in [5.41, 5.74) is 5.70. The lowest BCUT2D eigenvalue weighted by atomic mass is 10.0. The van der Waals surface area contributed by atoms with E-state index < -0.39 is 6.04 Å². The Morgan fingerprint density at radius 1 is 1.18 bits per heavy atom. The molecule has 0 radical (unpaired) electrons. The van der Waals surface area contributed by atoms with Gasteiger partial charge in [-0.1, -0.05) is 20.8 Å². The third kappa shape index (κ3) is 8.68. The van der Waals surface area contributed by atoms with Crippen molar-refractivity contribution in [3.8, 4) is 0 Å². The first-order chi connectivity index (χ1) is 7.97.